The van der Waals surface area contributed by atoms with Crippen LogP contribution in [0.4, 0.5) is 0 Å². The van der Waals surface area contributed by atoms with Crippen molar-refractivity contribution in [2.45, 2.75) is 38.3 Å². The predicted octanol–water partition coefficient (Wildman–Crippen LogP) is 3.53. The molecule has 0 radical (unpaired) electrons. The summed E-state index contributed by atoms with van der Waals surface area (Å²) in [5.74, 6) is -0.847. The van der Waals surface area contributed by atoms with Crippen molar-refractivity contribution in [2.75, 3.05) is 13.2 Å². The molecule has 1 amide bonds. The highest BCUT2D eigenvalue weighted by Gasteiger charge is 2.22. The van der Waals surface area contributed by atoms with Gasteiger partial charge in [0.05, 0.1) is 11.7 Å². The zero-order chi connectivity index (χ0) is 19.1. The summed E-state index contributed by atoms with van der Waals surface area (Å²) < 4.78 is 5.72. The Hall–Kier alpha value is -2.66. The van der Waals surface area contributed by atoms with Crippen LogP contribution >= 0.6 is 0 Å². The first-order valence-corrected chi connectivity index (χ1v) is 9.37. The van der Waals surface area contributed by atoms with E-state index in [9.17, 15) is 9.59 Å². The largest absolute Gasteiger partial charge is 0.478 e. The first kappa shape index (κ1) is 19.1. The lowest BCUT2D eigenvalue weighted by molar-refractivity contribution is -0.133. The van der Waals surface area contributed by atoms with Crippen LogP contribution in [0.25, 0.3) is 0 Å². The molecular formula is C22H25NO4. The first-order chi connectivity index (χ1) is 13.1. The smallest absolute Gasteiger partial charge is 0.335 e. The Bertz CT molecular complexity index is 752. The summed E-state index contributed by atoms with van der Waals surface area (Å²) in [5, 5.41) is 8.97. The molecule has 1 fully saturated rings. The third-order valence-electron chi connectivity index (χ3n) is 4.85. The van der Waals surface area contributed by atoms with E-state index in [0.717, 1.165) is 30.6 Å². The highest BCUT2D eigenvalue weighted by molar-refractivity contribution is 5.87. The number of hydrogen-bond donors (Lipinski definition) is 1. The van der Waals surface area contributed by atoms with Gasteiger partial charge in [0, 0.05) is 26.1 Å². The fourth-order valence-corrected chi connectivity index (χ4v) is 3.32. The van der Waals surface area contributed by atoms with Gasteiger partial charge < -0.3 is 14.7 Å². The summed E-state index contributed by atoms with van der Waals surface area (Å²) in [6.07, 6.45) is 3.15. The number of aryl methyl sites for hydroxylation is 1. The van der Waals surface area contributed by atoms with E-state index < -0.39 is 5.97 Å². The molecule has 0 aliphatic carbocycles. The molecule has 1 atom stereocenters. The number of carbonyl (C=O) groups is 2. The third-order valence-corrected chi connectivity index (χ3v) is 4.85. The Balaban J connectivity index is 1.61. The molecule has 142 valence electrons. The van der Waals surface area contributed by atoms with Gasteiger partial charge in [0.1, 0.15) is 0 Å². The number of rotatable bonds is 8. The molecule has 1 saturated heterocycles. The minimum atomic E-state index is -0.941. The second-order valence-corrected chi connectivity index (χ2v) is 6.90. The molecule has 1 aliphatic heterocycles. The van der Waals surface area contributed by atoms with Crippen LogP contribution in [0.1, 0.15) is 40.7 Å². The van der Waals surface area contributed by atoms with Crippen LogP contribution in [0.2, 0.25) is 0 Å². The van der Waals surface area contributed by atoms with Crippen molar-refractivity contribution in [3.05, 3.63) is 71.3 Å². The van der Waals surface area contributed by atoms with E-state index in [1.807, 2.05) is 35.2 Å². The normalized spacial score (nSPS) is 16.2. The van der Waals surface area contributed by atoms with Gasteiger partial charge in [-0.3, -0.25) is 4.79 Å². The lowest BCUT2D eigenvalue weighted by atomic mass is 10.1. The lowest BCUT2D eigenvalue weighted by Gasteiger charge is -2.26. The van der Waals surface area contributed by atoms with Crippen LogP contribution < -0.4 is 0 Å². The molecule has 0 saturated carbocycles. The van der Waals surface area contributed by atoms with Crippen LogP contribution in [0, 0.1) is 0 Å². The molecule has 1 N–H and O–H groups in total. The first-order valence-electron chi connectivity index (χ1n) is 9.37. The van der Waals surface area contributed by atoms with Gasteiger partial charge in [0.25, 0.3) is 0 Å². The zero-order valence-corrected chi connectivity index (χ0v) is 15.3. The molecule has 5 nitrogen and oxygen atoms in total. The van der Waals surface area contributed by atoms with Gasteiger partial charge in [-0.25, -0.2) is 4.79 Å². The standard InChI is InChI=1S/C22H25NO4/c24-21(13-10-17-8-11-19(12-9-17)22(25)26)23(16-20-7-4-14-27-20)15-18-5-2-1-3-6-18/h1-3,5-6,8-9,11-12,20H,4,7,10,13-16H2,(H,25,26). The molecule has 2 aromatic rings. The topological polar surface area (TPSA) is 66.8 Å². The van der Waals surface area contributed by atoms with Gasteiger partial charge in [-0.2, -0.15) is 0 Å². The lowest BCUT2D eigenvalue weighted by Crippen LogP contribution is -2.37. The number of nitrogens with zero attached hydrogens (tertiary/aromatic N) is 1. The van der Waals surface area contributed by atoms with Gasteiger partial charge in [0.15, 0.2) is 0 Å². The van der Waals surface area contributed by atoms with E-state index in [0.29, 0.717) is 25.9 Å². The molecule has 5 heteroatoms. The van der Waals surface area contributed by atoms with Crippen LogP contribution in [-0.4, -0.2) is 41.1 Å². The number of carboxylic acids is 1. The van der Waals surface area contributed by atoms with E-state index in [1.165, 1.54) is 0 Å². The monoisotopic (exact) mass is 367 g/mol. The fourth-order valence-electron chi connectivity index (χ4n) is 3.32. The maximum Gasteiger partial charge on any atom is 0.335 e. The van der Waals surface area contributed by atoms with Gasteiger partial charge in [-0.05, 0) is 42.5 Å². The summed E-state index contributed by atoms with van der Waals surface area (Å²) in [7, 11) is 0. The molecule has 1 aliphatic rings. The maximum atomic E-state index is 12.9. The average molecular weight is 367 g/mol. The number of aromatic carboxylic acids is 1. The van der Waals surface area contributed by atoms with Gasteiger partial charge in [-0.15, -0.1) is 0 Å². The van der Waals surface area contributed by atoms with Crippen LogP contribution in [-0.2, 0) is 22.5 Å². The fraction of sp³-hybridized carbons (Fsp3) is 0.364. The van der Waals surface area contributed by atoms with Crippen molar-refractivity contribution >= 4 is 11.9 Å². The molecule has 0 bridgehead atoms. The van der Waals surface area contributed by atoms with Crippen molar-refractivity contribution in [3.63, 3.8) is 0 Å². The number of amides is 1. The second kappa shape index (κ2) is 9.33. The maximum absolute atomic E-state index is 12.9. The quantitative estimate of drug-likeness (QED) is 0.775. The molecule has 1 heterocycles. The minimum Gasteiger partial charge on any atom is -0.478 e. The minimum absolute atomic E-state index is 0.0941. The molecule has 0 aromatic heterocycles. The van der Waals surface area contributed by atoms with Gasteiger partial charge >= 0.3 is 5.97 Å². The Morgan fingerprint density at radius 3 is 2.41 bits per heavy atom. The average Bonchev–Trinajstić information content (AvgIpc) is 3.20. The van der Waals surface area contributed by atoms with E-state index in [-0.39, 0.29) is 17.6 Å². The zero-order valence-electron chi connectivity index (χ0n) is 15.3. The van der Waals surface area contributed by atoms with E-state index in [4.69, 9.17) is 9.84 Å². The van der Waals surface area contributed by atoms with Crippen LogP contribution in [0.15, 0.2) is 54.6 Å². The van der Waals surface area contributed by atoms with E-state index >= 15 is 0 Å². The Morgan fingerprint density at radius 1 is 1.04 bits per heavy atom. The summed E-state index contributed by atoms with van der Waals surface area (Å²) in [6.45, 7) is 1.97. The number of benzene rings is 2. The number of hydrogen-bond acceptors (Lipinski definition) is 3. The van der Waals surface area contributed by atoms with Gasteiger partial charge in [0.2, 0.25) is 5.91 Å². The highest BCUT2D eigenvalue weighted by Crippen LogP contribution is 2.17. The number of ether oxygens (including phenoxy) is 1. The molecule has 3 rings (SSSR count). The molecule has 2 aromatic carbocycles. The van der Waals surface area contributed by atoms with E-state index in [1.54, 1.807) is 24.3 Å². The highest BCUT2D eigenvalue weighted by atomic mass is 16.5. The summed E-state index contributed by atoms with van der Waals surface area (Å²) >= 11 is 0. The summed E-state index contributed by atoms with van der Waals surface area (Å²) in [4.78, 5) is 25.7. The number of carbonyl (C=O) groups excluding carboxylic acids is 1. The van der Waals surface area contributed by atoms with Crippen molar-refractivity contribution in [3.8, 4) is 0 Å². The number of carboxylic acid groups (broad SMARTS) is 1. The van der Waals surface area contributed by atoms with Crippen molar-refractivity contribution in [1.82, 2.24) is 4.90 Å². The molecule has 1 unspecified atom stereocenters. The Morgan fingerprint density at radius 2 is 1.78 bits per heavy atom. The Labute approximate surface area is 159 Å². The second-order valence-electron chi connectivity index (χ2n) is 6.90. The summed E-state index contributed by atoms with van der Waals surface area (Å²) in [5.41, 5.74) is 2.33. The third kappa shape index (κ3) is 5.66. The predicted molar refractivity (Wildman–Crippen MR) is 103 cm³/mol. The van der Waals surface area contributed by atoms with Crippen molar-refractivity contribution in [1.29, 1.82) is 0 Å². The SMILES string of the molecule is O=C(O)c1ccc(CCC(=O)N(Cc2ccccc2)CC2CCCO2)cc1. The van der Waals surface area contributed by atoms with E-state index in [2.05, 4.69) is 0 Å². The summed E-state index contributed by atoms with van der Waals surface area (Å²) in [6, 6.07) is 16.7. The molecular weight excluding hydrogens is 342 g/mol. The van der Waals surface area contributed by atoms with Gasteiger partial charge in [-0.1, -0.05) is 42.5 Å². The van der Waals surface area contributed by atoms with Crippen molar-refractivity contribution in [2.24, 2.45) is 0 Å². The van der Waals surface area contributed by atoms with Crippen LogP contribution in [0.3, 0.4) is 0 Å². The molecule has 0 spiro atoms. The van der Waals surface area contributed by atoms with Crippen LogP contribution in [0.5, 0.6) is 0 Å². The molecule has 27 heavy (non-hydrogen) atoms. The Kier molecular flexibility index (Phi) is 6.60. The van der Waals surface area contributed by atoms with Crippen molar-refractivity contribution < 1.29 is 19.4 Å².